The third-order valence-electron chi connectivity index (χ3n) is 4.22. The van der Waals surface area contributed by atoms with Crippen LogP contribution in [0.5, 0.6) is 0 Å². The number of nitriles is 1. The van der Waals surface area contributed by atoms with Crippen molar-refractivity contribution < 1.29 is 13.9 Å². The number of carbonyl (C=O) groups excluding carboxylic acids is 1. The Morgan fingerprint density at radius 1 is 1.22 bits per heavy atom. The Morgan fingerprint density at radius 2 is 1.96 bits per heavy atom. The van der Waals surface area contributed by atoms with Crippen LogP contribution in [0.15, 0.2) is 46.4 Å². The average Bonchev–Trinajstić information content (AvgIpc) is 3.16. The summed E-state index contributed by atoms with van der Waals surface area (Å²) in [6.07, 6.45) is 1.45. The summed E-state index contributed by atoms with van der Waals surface area (Å²) in [6, 6.07) is 12.7. The Balaban J connectivity index is 1.59. The Morgan fingerprint density at radius 3 is 2.67 bits per heavy atom. The van der Waals surface area contributed by atoms with Crippen molar-refractivity contribution in [1.29, 1.82) is 5.26 Å². The molecule has 0 bridgehead atoms. The molecule has 0 atom stereocenters. The van der Waals surface area contributed by atoms with E-state index in [1.165, 1.54) is 6.08 Å². The number of nitrogens with zero attached hydrogens (tertiary/aromatic N) is 2. The highest BCUT2D eigenvalue weighted by molar-refractivity contribution is 6.30. The second-order valence-corrected chi connectivity index (χ2v) is 6.53. The molecular formula is C20H20ClN3O3. The number of nitrogens with one attached hydrogen (secondary N) is 1. The third kappa shape index (κ3) is 5.44. The summed E-state index contributed by atoms with van der Waals surface area (Å²) in [5.41, 5.74) is 0.876. The fourth-order valence-electron chi connectivity index (χ4n) is 2.74. The van der Waals surface area contributed by atoms with Crippen LogP contribution in [0.25, 0.3) is 17.4 Å². The molecule has 140 valence electrons. The average molecular weight is 386 g/mol. The first-order valence-corrected chi connectivity index (χ1v) is 9.09. The van der Waals surface area contributed by atoms with Crippen molar-refractivity contribution in [2.75, 3.05) is 39.4 Å². The minimum atomic E-state index is -0.407. The molecule has 0 radical (unpaired) electrons. The van der Waals surface area contributed by atoms with Gasteiger partial charge in [-0.1, -0.05) is 11.6 Å². The van der Waals surface area contributed by atoms with E-state index in [1.54, 1.807) is 24.3 Å². The number of hydrogen-bond donors (Lipinski definition) is 1. The molecule has 1 aliphatic heterocycles. The molecular weight excluding hydrogens is 366 g/mol. The van der Waals surface area contributed by atoms with Gasteiger partial charge in [0.05, 0.1) is 13.2 Å². The number of carbonyl (C=O) groups is 1. The first-order valence-electron chi connectivity index (χ1n) is 8.71. The van der Waals surface area contributed by atoms with Gasteiger partial charge in [-0.3, -0.25) is 9.69 Å². The summed E-state index contributed by atoms with van der Waals surface area (Å²) in [7, 11) is 0. The number of rotatable bonds is 6. The monoisotopic (exact) mass is 385 g/mol. The van der Waals surface area contributed by atoms with Crippen LogP contribution in [0.1, 0.15) is 5.76 Å². The molecule has 1 saturated heterocycles. The lowest BCUT2D eigenvalue weighted by Gasteiger charge is -2.26. The van der Waals surface area contributed by atoms with E-state index < -0.39 is 5.91 Å². The van der Waals surface area contributed by atoms with Crippen LogP contribution >= 0.6 is 11.6 Å². The van der Waals surface area contributed by atoms with E-state index >= 15 is 0 Å². The maximum atomic E-state index is 12.2. The molecule has 2 aromatic rings. The van der Waals surface area contributed by atoms with Gasteiger partial charge in [0.2, 0.25) is 0 Å². The molecule has 0 unspecified atom stereocenters. The fourth-order valence-corrected chi connectivity index (χ4v) is 2.86. The van der Waals surface area contributed by atoms with E-state index in [1.807, 2.05) is 18.2 Å². The van der Waals surface area contributed by atoms with E-state index in [-0.39, 0.29) is 5.57 Å². The van der Waals surface area contributed by atoms with Crippen LogP contribution in [0.2, 0.25) is 5.02 Å². The molecule has 1 N–H and O–H groups in total. The maximum absolute atomic E-state index is 12.2. The Hall–Kier alpha value is -2.59. The predicted octanol–water partition coefficient (Wildman–Crippen LogP) is 2.96. The zero-order valence-electron chi connectivity index (χ0n) is 14.8. The van der Waals surface area contributed by atoms with Gasteiger partial charge >= 0.3 is 0 Å². The summed E-state index contributed by atoms with van der Waals surface area (Å²) < 4.78 is 11.0. The zero-order valence-corrected chi connectivity index (χ0v) is 15.5. The highest BCUT2D eigenvalue weighted by Crippen LogP contribution is 2.24. The smallest absolute Gasteiger partial charge is 0.262 e. The molecule has 1 aromatic heterocycles. The van der Waals surface area contributed by atoms with Gasteiger partial charge in [0.25, 0.3) is 5.91 Å². The van der Waals surface area contributed by atoms with E-state index in [9.17, 15) is 10.1 Å². The van der Waals surface area contributed by atoms with Crippen molar-refractivity contribution in [2.24, 2.45) is 0 Å². The van der Waals surface area contributed by atoms with E-state index in [0.717, 1.165) is 25.2 Å². The van der Waals surface area contributed by atoms with E-state index in [4.69, 9.17) is 20.8 Å². The van der Waals surface area contributed by atoms with Crippen molar-refractivity contribution in [3.63, 3.8) is 0 Å². The molecule has 2 heterocycles. The summed E-state index contributed by atoms with van der Waals surface area (Å²) in [4.78, 5) is 14.4. The minimum Gasteiger partial charge on any atom is -0.457 e. The molecule has 1 aliphatic rings. The van der Waals surface area contributed by atoms with Gasteiger partial charge in [-0.2, -0.15) is 5.26 Å². The van der Waals surface area contributed by atoms with Crippen molar-refractivity contribution in [3.05, 3.63) is 52.8 Å². The normalized spacial score (nSPS) is 15.3. The van der Waals surface area contributed by atoms with Crippen molar-refractivity contribution in [3.8, 4) is 17.4 Å². The number of morpholine rings is 1. The van der Waals surface area contributed by atoms with Gasteiger partial charge in [0.15, 0.2) is 0 Å². The van der Waals surface area contributed by atoms with Gasteiger partial charge in [-0.25, -0.2) is 0 Å². The fraction of sp³-hybridized carbons (Fsp3) is 0.300. The number of halogens is 1. The number of amides is 1. The van der Waals surface area contributed by atoms with Crippen LogP contribution in [-0.2, 0) is 9.53 Å². The lowest BCUT2D eigenvalue weighted by Crippen LogP contribution is -2.41. The molecule has 0 spiro atoms. The van der Waals surface area contributed by atoms with Crippen LogP contribution in [0.4, 0.5) is 0 Å². The summed E-state index contributed by atoms with van der Waals surface area (Å²) in [5, 5.41) is 12.7. The topological polar surface area (TPSA) is 78.5 Å². The van der Waals surface area contributed by atoms with Crippen molar-refractivity contribution >= 4 is 23.6 Å². The van der Waals surface area contributed by atoms with Crippen LogP contribution < -0.4 is 5.32 Å². The second kappa shape index (κ2) is 9.38. The largest absolute Gasteiger partial charge is 0.457 e. The lowest BCUT2D eigenvalue weighted by atomic mass is 10.2. The standard InChI is InChI=1S/C20H20ClN3O3/c21-17-3-1-15(2-4-17)19-6-5-18(27-19)13-16(14-22)20(25)23-7-8-24-9-11-26-12-10-24/h1-6,13H,7-12H2,(H,23,25)/b16-13+. The van der Waals surface area contributed by atoms with Gasteiger partial charge in [-0.05, 0) is 36.4 Å². The maximum Gasteiger partial charge on any atom is 0.262 e. The van der Waals surface area contributed by atoms with Crippen LogP contribution in [0, 0.1) is 11.3 Å². The third-order valence-corrected chi connectivity index (χ3v) is 4.48. The quantitative estimate of drug-likeness (QED) is 0.611. The summed E-state index contributed by atoms with van der Waals surface area (Å²) in [6.45, 7) is 4.35. The summed E-state index contributed by atoms with van der Waals surface area (Å²) >= 11 is 5.89. The van der Waals surface area contributed by atoms with Gasteiger partial charge in [0.1, 0.15) is 23.2 Å². The SMILES string of the molecule is N#C/C(=C\c1ccc(-c2ccc(Cl)cc2)o1)C(=O)NCCN1CCOCC1. The van der Waals surface area contributed by atoms with Crippen molar-refractivity contribution in [1.82, 2.24) is 10.2 Å². The Bertz CT molecular complexity index is 846. The van der Waals surface area contributed by atoms with E-state index in [0.29, 0.717) is 36.3 Å². The molecule has 7 heteroatoms. The minimum absolute atomic E-state index is 0.00832. The molecule has 6 nitrogen and oxygen atoms in total. The first kappa shape index (κ1) is 19.2. The molecule has 0 saturated carbocycles. The van der Waals surface area contributed by atoms with Crippen LogP contribution in [0.3, 0.4) is 0 Å². The van der Waals surface area contributed by atoms with Crippen molar-refractivity contribution in [2.45, 2.75) is 0 Å². The van der Waals surface area contributed by atoms with Crippen LogP contribution in [-0.4, -0.2) is 50.2 Å². The highest BCUT2D eigenvalue weighted by atomic mass is 35.5. The predicted molar refractivity (Wildman–Crippen MR) is 103 cm³/mol. The number of hydrogen-bond acceptors (Lipinski definition) is 5. The van der Waals surface area contributed by atoms with Gasteiger partial charge < -0.3 is 14.5 Å². The van der Waals surface area contributed by atoms with Gasteiger partial charge in [-0.15, -0.1) is 0 Å². The lowest BCUT2D eigenvalue weighted by molar-refractivity contribution is -0.117. The molecule has 0 aliphatic carbocycles. The number of ether oxygens (including phenoxy) is 1. The number of furan rings is 1. The molecule has 1 fully saturated rings. The molecule has 27 heavy (non-hydrogen) atoms. The number of benzene rings is 1. The first-order chi connectivity index (χ1) is 13.2. The molecule has 1 amide bonds. The molecule has 3 rings (SSSR count). The summed E-state index contributed by atoms with van der Waals surface area (Å²) in [5.74, 6) is 0.679. The van der Waals surface area contributed by atoms with E-state index in [2.05, 4.69) is 10.2 Å². The highest BCUT2D eigenvalue weighted by Gasteiger charge is 2.13. The Labute approximate surface area is 163 Å². The van der Waals surface area contributed by atoms with Gasteiger partial charge in [0, 0.05) is 42.8 Å². The second-order valence-electron chi connectivity index (χ2n) is 6.09. The zero-order chi connectivity index (χ0) is 19.1. The molecule has 1 aromatic carbocycles. The Kier molecular flexibility index (Phi) is 6.66.